The second-order valence-electron chi connectivity index (χ2n) is 5.87. The minimum atomic E-state index is 0.245. The average molecular weight is 283 g/mol. The molecule has 0 fully saturated rings. The van der Waals surface area contributed by atoms with Crippen molar-refractivity contribution in [3.8, 4) is 11.5 Å². The molecule has 21 heavy (non-hydrogen) atoms. The topological polar surface area (TPSA) is 52.5 Å². The van der Waals surface area contributed by atoms with Crippen molar-refractivity contribution in [2.75, 3.05) is 0 Å². The fraction of sp³-hybridized carbons (Fsp3) is 0.333. The highest BCUT2D eigenvalue weighted by Gasteiger charge is 2.20. The number of nitrogens with one attached hydrogen (secondary N) is 1. The molecule has 2 unspecified atom stereocenters. The summed E-state index contributed by atoms with van der Waals surface area (Å²) in [5, 5.41) is 22.6. The Bertz CT molecular complexity index is 622. The highest BCUT2D eigenvalue weighted by Crippen LogP contribution is 2.26. The van der Waals surface area contributed by atoms with Crippen LogP contribution in [0.1, 0.15) is 36.1 Å². The van der Waals surface area contributed by atoms with Gasteiger partial charge in [-0.05, 0) is 67.1 Å². The van der Waals surface area contributed by atoms with Gasteiger partial charge in [0.2, 0.25) is 0 Å². The molecule has 0 aliphatic heterocycles. The third-order valence-electron chi connectivity index (χ3n) is 4.30. The standard InChI is InChI=1S/C18H21NO2/c1-12(13-3-7-17(20)8-4-13)19-16-6-2-14-5-9-18(21)11-15(14)10-16/h3-5,7-9,11-12,16,19-21H,2,6,10H2,1H3. The highest BCUT2D eigenvalue weighted by atomic mass is 16.3. The van der Waals surface area contributed by atoms with Crippen LogP contribution in [-0.2, 0) is 12.8 Å². The summed E-state index contributed by atoms with van der Waals surface area (Å²) in [4.78, 5) is 0. The number of fused-ring (bicyclic) bond motifs is 1. The molecule has 2 atom stereocenters. The molecule has 1 aliphatic rings. The maximum Gasteiger partial charge on any atom is 0.115 e. The predicted molar refractivity (Wildman–Crippen MR) is 83.6 cm³/mol. The quantitative estimate of drug-likeness (QED) is 0.810. The lowest BCUT2D eigenvalue weighted by molar-refractivity contribution is 0.411. The van der Waals surface area contributed by atoms with E-state index in [1.165, 1.54) is 16.7 Å². The molecule has 2 aromatic rings. The molecule has 1 aliphatic carbocycles. The van der Waals surface area contributed by atoms with Crippen molar-refractivity contribution in [1.82, 2.24) is 5.32 Å². The molecule has 0 saturated carbocycles. The zero-order valence-electron chi connectivity index (χ0n) is 12.2. The van der Waals surface area contributed by atoms with Crippen molar-refractivity contribution in [1.29, 1.82) is 0 Å². The van der Waals surface area contributed by atoms with Crippen molar-refractivity contribution < 1.29 is 10.2 Å². The number of aryl methyl sites for hydroxylation is 1. The molecular formula is C18H21NO2. The van der Waals surface area contributed by atoms with E-state index < -0.39 is 0 Å². The largest absolute Gasteiger partial charge is 0.508 e. The Morgan fingerprint density at radius 1 is 1.00 bits per heavy atom. The van der Waals surface area contributed by atoms with E-state index in [0.29, 0.717) is 17.5 Å². The first-order chi connectivity index (χ1) is 10.1. The van der Waals surface area contributed by atoms with Crippen LogP contribution in [0.25, 0.3) is 0 Å². The molecule has 3 N–H and O–H groups in total. The van der Waals surface area contributed by atoms with Gasteiger partial charge < -0.3 is 15.5 Å². The van der Waals surface area contributed by atoms with Gasteiger partial charge in [-0.25, -0.2) is 0 Å². The molecule has 3 rings (SSSR count). The van der Waals surface area contributed by atoms with Gasteiger partial charge in [-0.2, -0.15) is 0 Å². The van der Waals surface area contributed by atoms with Gasteiger partial charge in [0.15, 0.2) is 0 Å². The van der Waals surface area contributed by atoms with Gasteiger partial charge in [-0.1, -0.05) is 18.2 Å². The first kappa shape index (κ1) is 14.0. The van der Waals surface area contributed by atoms with Gasteiger partial charge >= 0.3 is 0 Å². The number of benzene rings is 2. The van der Waals surface area contributed by atoms with Crippen molar-refractivity contribution in [2.24, 2.45) is 0 Å². The van der Waals surface area contributed by atoms with Crippen LogP contribution < -0.4 is 5.32 Å². The second-order valence-corrected chi connectivity index (χ2v) is 5.87. The van der Waals surface area contributed by atoms with E-state index in [1.54, 1.807) is 18.2 Å². The lowest BCUT2D eigenvalue weighted by Crippen LogP contribution is -2.36. The zero-order chi connectivity index (χ0) is 14.8. The fourth-order valence-electron chi connectivity index (χ4n) is 3.10. The van der Waals surface area contributed by atoms with Crippen LogP contribution in [0.5, 0.6) is 11.5 Å². The Morgan fingerprint density at radius 2 is 1.71 bits per heavy atom. The van der Waals surface area contributed by atoms with Gasteiger partial charge in [0, 0.05) is 12.1 Å². The summed E-state index contributed by atoms with van der Waals surface area (Å²) < 4.78 is 0. The van der Waals surface area contributed by atoms with Crippen LogP contribution >= 0.6 is 0 Å². The number of aromatic hydroxyl groups is 2. The summed E-state index contributed by atoms with van der Waals surface area (Å²) >= 11 is 0. The summed E-state index contributed by atoms with van der Waals surface area (Å²) in [5.74, 6) is 0.647. The average Bonchev–Trinajstić information content (AvgIpc) is 2.47. The Morgan fingerprint density at radius 3 is 2.48 bits per heavy atom. The zero-order valence-corrected chi connectivity index (χ0v) is 12.2. The molecule has 0 amide bonds. The molecule has 3 nitrogen and oxygen atoms in total. The number of phenols is 2. The van der Waals surface area contributed by atoms with Crippen molar-refractivity contribution in [2.45, 2.75) is 38.3 Å². The maximum atomic E-state index is 9.62. The summed E-state index contributed by atoms with van der Waals surface area (Å²) in [6.45, 7) is 2.14. The maximum absolute atomic E-state index is 9.62. The van der Waals surface area contributed by atoms with Crippen LogP contribution in [0.15, 0.2) is 42.5 Å². The van der Waals surface area contributed by atoms with E-state index >= 15 is 0 Å². The smallest absolute Gasteiger partial charge is 0.115 e. The van der Waals surface area contributed by atoms with Gasteiger partial charge in [-0.3, -0.25) is 0 Å². The van der Waals surface area contributed by atoms with E-state index in [4.69, 9.17) is 0 Å². The number of hydrogen-bond acceptors (Lipinski definition) is 3. The molecule has 0 radical (unpaired) electrons. The van der Waals surface area contributed by atoms with Crippen LogP contribution in [0.2, 0.25) is 0 Å². The Kier molecular flexibility index (Phi) is 3.84. The van der Waals surface area contributed by atoms with E-state index in [0.717, 1.165) is 19.3 Å². The Hall–Kier alpha value is -2.00. The van der Waals surface area contributed by atoms with E-state index in [1.807, 2.05) is 24.3 Å². The minimum Gasteiger partial charge on any atom is -0.508 e. The normalized spacial score (nSPS) is 19.0. The first-order valence-corrected chi connectivity index (χ1v) is 7.47. The van der Waals surface area contributed by atoms with Crippen molar-refractivity contribution in [3.63, 3.8) is 0 Å². The summed E-state index contributed by atoms with van der Waals surface area (Å²) in [5.41, 5.74) is 3.77. The summed E-state index contributed by atoms with van der Waals surface area (Å²) in [6, 6.07) is 13.7. The van der Waals surface area contributed by atoms with Gasteiger partial charge in [-0.15, -0.1) is 0 Å². The van der Waals surface area contributed by atoms with Crippen LogP contribution in [-0.4, -0.2) is 16.3 Å². The summed E-state index contributed by atoms with van der Waals surface area (Å²) in [7, 11) is 0. The third kappa shape index (κ3) is 3.19. The van der Waals surface area contributed by atoms with E-state index in [9.17, 15) is 10.2 Å². The second kappa shape index (κ2) is 5.78. The molecule has 0 aromatic heterocycles. The van der Waals surface area contributed by atoms with E-state index in [-0.39, 0.29) is 6.04 Å². The SMILES string of the molecule is CC(NC1CCc2ccc(O)cc2C1)c1ccc(O)cc1. The third-order valence-corrected chi connectivity index (χ3v) is 4.30. The van der Waals surface area contributed by atoms with Crippen LogP contribution in [0.4, 0.5) is 0 Å². The minimum absolute atomic E-state index is 0.245. The van der Waals surface area contributed by atoms with E-state index in [2.05, 4.69) is 12.2 Å². The summed E-state index contributed by atoms with van der Waals surface area (Å²) in [6.07, 6.45) is 3.11. The fourth-order valence-corrected chi connectivity index (χ4v) is 3.10. The lowest BCUT2D eigenvalue weighted by Gasteiger charge is -2.28. The monoisotopic (exact) mass is 283 g/mol. The predicted octanol–water partition coefficient (Wildman–Crippen LogP) is 3.31. The van der Waals surface area contributed by atoms with Gasteiger partial charge in [0.1, 0.15) is 11.5 Å². The molecule has 0 saturated heterocycles. The molecule has 0 bridgehead atoms. The molecule has 110 valence electrons. The van der Waals surface area contributed by atoms with Crippen molar-refractivity contribution in [3.05, 3.63) is 59.2 Å². The Labute approximate surface area is 125 Å². The first-order valence-electron chi connectivity index (χ1n) is 7.47. The lowest BCUT2D eigenvalue weighted by atomic mass is 9.87. The molecule has 0 heterocycles. The van der Waals surface area contributed by atoms with Crippen LogP contribution in [0.3, 0.4) is 0 Å². The molecule has 3 heteroatoms. The number of hydrogen-bond donors (Lipinski definition) is 3. The van der Waals surface area contributed by atoms with Gasteiger partial charge in [0.25, 0.3) is 0 Å². The molecule has 0 spiro atoms. The van der Waals surface area contributed by atoms with Crippen molar-refractivity contribution >= 4 is 0 Å². The Balaban J connectivity index is 1.67. The van der Waals surface area contributed by atoms with Gasteiger partial charge in [0.05, 0.1) is 0 Å². The molecular weight excluding hydrogens is 262 g/mol. The highest BCUT2D eigenvalue weighted by molar-refractivity contribution is 5.37. The number of rotatable bonds is 3. The van der Waals surface area contributed by atoms with Crippen LogP contribution in [0, 0.1) is 0 Å². The number of phenolic OH excluding ortho intramolecular Hbond substituents is 2. The molecule has 2 aromatic carbocycles.